The van der Waals surface area contributed by atoms with Crippen molar-refractivity contribution in [1.29, 1.82) is 0 Å². The number of thioether (sulfide) groups is 2. The fraction of sp³-hybridized carbons (Fsp3) is 0.675. The van der Waals surface area contributed by atoms with Crippen molar-refractivity contribution in [3.63, 3.8) is 0 Å². The fourth-order valence-corrected chi connectivity index (χ4v) is 10.9. The molecule has 2 aliphatic heterocycles. The Morgan fingerprint density at radius 1 is 0.929 bits per heavy atom. The number of hydrogen-bond donors (Lipinski definition) is 3. The molecule has 3 aliphatic rings. The van der Waals surface area contributed by atoms with E-state index in [2.05, 4.69) is 16.0 Å². The number of carbonyl (C=O) groups is 7. The Kier molecular flexibility index (Phi) is 16.1. The van der Waals surface area contributed by atoms with Crippen molar-refractivity contribution in [2.75, 3.05) is 45.7 Å². The molecule has 1 spiro atoms. The van der Waals surface area contributed by atoms with Crippen LogP contribution >= 0.6 is 23.5 Å². The lowest BCUT2D eigenvalue weighted by Gasteiger charge is -2.39. The predicted molar refractivity (Wildman–Crippen MR) is 218 cm³/mol. The van der Waals surface area contributed by atoms with Gasteiger partial charge in [0.1, 0.15) is 23.7 Å². The Bertz CT molecular complexity index is 1580. The molecule has 4 atom stereocenters. The Balaban J connectivity index is 1.51. The van der Waals surface area contributed by atoms with Crippen LogP contribution in [0.1, 0.15) is 97.1 Å². The van der Waals surface area contributed by atoms with E-state index >= 15 is 0 Å². The van der Waals surface area contributed by atoms with E-state index in [0.717, 1.165) is 50.0 Å². The van der Waals surface area contributed by atoms with Crippen LogP contribution in [0.25, 0.3) is 0 Å². The van der Waals surface area contributed by atoms with Crippen LogP contribution in [0.4, 0.5) is 4.79 Å². The summed E-state index contributed by atoms with van der Waals surface area (Å²) < 4.78 is 5.27. The summed E-state index contributed by atoms with van der Waals surface area (Å²) in [6.07, 6.45) is 5.81. The smallest absolute Gasteiger partial charge is 0.410 e. The molecule has 0 aromatic heterocycles. The number of rotatable bonds is 14. The van der Waals surface area contributed by atoms with Crippen LogP contribution in [0.15, 0.2) is 30.3 Å². The molecule has 14 nitrogen and oxygen atoms in total. The molecule has 1 aromatic rings. The highest BCUT2D eigenvalue weighted by Gasteiger charge is 2.53. The first-order valence-corrected chi connectivity index (χ1v) is 21.7. The van der Waals surface area contributed by atoms with E-state index in [-0.39, 0.29) is 24.2 Å². The quantitative estimate of drug-likeness (QED) is 0.234. The van der Waals surface area contributed by atoms with Crippen molar-refractivity contribution in [3.8, 4) is 0 Å². The molecule has 3 N–H and O–H groups in total. The number of ether oxygens (including phenoxy) is 1. The van der Waals surface area contributed by atoms with E-state index in [1.165, 1.54) is 9.80 Å². The first-order valence-electron chi connectivity index (χ1n) is 19.7. The van der Waals surface area contributed by atoms with Crippen molar-refractivity contribution in [3.05, 3.63) is 35.9 Å². The molecule has 4 unspecified atom stereocenters. The van der Waals surface area contributed by atoms with E-state index < -0.39 is 70.0 Å². The van der Waals surface area contributed by atoms with E-state index in [9.17, 15) is 33.6 Å². The van der Waals surface area contributed by atoms with Crippen LogP contribution in [0, 0.1) is 5.92 Å². The number of carbonyl (C=O) groups excluding carboxylic acids is 7. The molecular formula is C40H60N6O8S2. The summed E-state index contributed by atoms with van der Waals surface area (Å²) in [4.78, 5) is 99.5. The minimum absolute atomic E-state index is 0.111. The average Bonchev–Trinajstić information content (AvgIpc) is 3.54. The third-order valence-electron chi connectivity index (χ3n) is 10.3. The van der Waals surface area contributed by atoms with E-state index in [1.807, 2.05) is 6.92 Å². The second kappa shape index (κ2) is 20.1. The molecule has 1 aromatic carbocycles. The van der Waals surface area contributed by atoms with Gasteiger partial charge in [-0.05, 0) is 69.4 Å². The lowest BCUT2D eigenvalue weighted by molar-refractivity contribution is -0.145. The first kappa shape index (κ1) is 44.9. The molecular weight excluding hydrogens is 757 g/mol. The minimum atomic E-state index is -1.21. The summed E-state index contributed by atoms with van der Waals surface area (Å²) in [5.41, 5.74) is -0.214. The number of hydrogen-bond acceptors (Lipinski definition) is 10. The predicted octanol–water partition coefficient (Wildman–Crippen LogP) is 3.89. The van der Waals surface area contributed by atoms with Crippen LogP contribution in [0.5, 0.6) is 0 Å². The molecule has 16 heteroatoms. The summed E-state index contributed by atoms with van der Waals surface area (Å²) in [5.74, 6) is -2.24. The van der Waals surface area contributed by atoms with Gasteiger partial charge in [-0.3, -0.25) is 33.7 Å². The molecule has 0 radical (unpaired) electrons. The summed E-state index contributed by atoms with van der Waals surface area (Å²) in [6.45, 7) is 6.87. The van der Waals surface area contributed by atoms with Gasteiger partial charge in [0.05, 0.1) is 16.7 Å². The normalized spacial score (nSPS) is 19.9. The molecule has 0 bridgehead atoms. The summed E-state index contributed by atoms with van der Waals surface area (Å²) >= 11 is 3.46. The molecule has 1 saturated carbocycles. The number of ketones is 1. The number of likely N-dealkylation sites (tertiary alicyclic amines) is 1. The monoisotopic (exact) mass is 816 g/mol. The van der Waals surface area contributed by atoms with E-state index in [1.54, 1.807) is 101 Å². The summed E-state index contributed by atoms with van der Waals surface area (Å²) in [5, 5.41) is 7.79. The van der Waals surface area contributed by atoms with Gasteiger partial charge < -0.3 is 30.5 Å². The van der Waals surface area contributed by atoms with Crippen molar-refractivity contribution in [2.45, 2.75) is 119 Å². The molecule has 2 heterocycles. The third kappa shape index (κ3) is 11.9. The molecule has 6 amide bonds. The fourth-order valence-electron chi connectivity index (χ4n) is 7.52. The second-order valence-corrected chi connectivity index (χ2v) is 19.3. The average molecular weight is 817 g/mol. The Labute approximate surface area is 339 Å². The lowest BCUT2D eigenvalue weighted by Crippen LogP contribution is -2.58. The Morgan fingerprint density at radius 2 is 1.57 bits per heavy atom. The Hall–Kier alpha value is -3.79. The van der Waals surface area contributed by atoms with Gasteiger partial charge in [0, 0.05) is 34.1 Å². The molecule has 2 saturated heterocycles. The molecule has 1 aliphatic carbocycles. The van der Waals surface area contributed by atoms with Gasteiger partial charge in [-0.2, -0.15) is 0 Å². The summed E-state index contributed by atoms with van der Waals surface area (Å²) in [6, 6.07) is 4.69. The number of likely N-dealkylation sites (N-methyl/N-ethyl adjacent to an activating group) is 2. The van der Waals surface area contributed by atoms with Crippen molar-refractivity contribution in [2.24, 2.45) is 5.92 Å². The van der Waals surface area contributed by atoms with Gasteiger partial charge in [-0.25, -0.2) is 4.79 Å². The zero-order valence-corrected chi connectivity index (χ0v) is 35.5. The number of benzene rings is 1. The van der Waals surface area contributed by atoms with E-state index in [4.69, 9.17) is 4.74 Å². The number of nitrogens with zero attached hydrogens (tertiary/aromatic N) is 3. The van der Waals surface area contributed by atoms with Gasteiger partial charge >= 0.3 is 6.09 Å². The highest BCUT2D eigenvalue weighted by molar-refractivity contribution is 8.18. The molecule has 56 heavy (non-hydrogen) atoms. The van der Waals surface area contributed by atoms with Crippen LogP contribution in [0.2, 0.25) is 0 Å². The van der Waals surface area contributed by atoms with Gasteiger partial charge in [0.25, 0.3) is 5.91 Å². The highest BCUT2D eigenvalue weighted by Crippen LogP contribution is 2.51. The lowest BCUT2D eigenvalue weighted by atomic mass is 9.82. The number of Topliss-reactive ketones (excluding diaryl/α,β-unsaturated/α-hetero) is 1. The maximum atomic E-state index is 14.8. The summed E-state index contributed by atoms with van der Waals surface area (Å²) in [7, 11) is 4.73. The maximum absolute atomic E-state index is 14.8. The van der Waals surface area contributed by atoms with Gasteiger partial charge in [-0.1, -0.05) is 62.9 Å². The zero-order valence-electron chi connectivity index (χ0n) is 33.9. The van der Waals surface area contributed by atoms with Crippen LogP contribution in [-0.4, -0.2) is 130 Å². The second-order valence-electron chi connectivity index (χ2n) is 16.1. The maximum Gasteiger partial charge on any atom is 0.410 e. The van der Waals surface area contributed by atoms with Crippen LogP contribution in [0.3, 0.4) is 0 Å². The number of amides is 6. The largest absolute Gasteiger partial charge is 0.444 e. The van der Waals surface area contributed by atoms with Crippen molar-refractivity contribution < 1.29 is 38.3 Å². The Morgan fingerprint density at radius 3 is 2.16 bits per heavy atom. The molecule has 310 valence electrons. The van der Waals surface area contributed by atoms with Crippen LogP contribution < -0.4 is 16.0 Å². The van der Waals surface area contributed by atoms with Crippen molar-refractivity contribution >= 4 is 64.9 Å². The topological polar surface area (TPSA) is 175 Å². The van der Waals surface area contributed by atoms with Gasteiger partial charge in [0.15, 0.2) is 0 Å². The first-order chi connectivity index (χ1) is 26.5. The third-order valence-corrected chi connectivity index (χ3v) is 13.7. The van der Waals surface area contributed by atoms with Crippen LogP contribution in [-0.2, 0) is 33.5 Å². The standard InChI is InChI=1S/C40H60N6O8S2/c1-8-16-28(33(48)35(50)41-24-30(47)43-31(36(51)44(5)6)26-17-11-9-12-18-26)42-34(49)29-23-40(55-21-15-22-56-40)25-46(29)37(52)32(27-19-13-10-14-20-27)45(7)38(53)54-39(2,3)4/h9,11-12,17-18,27-29,31-32H,8,10,13-16,19-25H2,1-7H3,(H,41,50)(H,42,49)(H,43,47). The van der Waals surface area contributed by atoms with Gasteiger partial charge in [0.2, 0.25) is 29.4 Å². The molecule has 4 rings (SSSR count). The minimum Gasteiger partial charge on any atom is -0.444 e. The highest BCUT2D eigenvalue weighted by atomic mass is 32.2. The SMILES string of the molecule is CCCC(NC(=O)C1CC2(CN1C(=O)C(C1CCCCC1)N(C)C(=O)OC(C)(C)C)SCCCS2)C(=O)C(=O)NCC(=O)NC(C(=O)N(C)C)c1ccccc1. The van der Waals surface area contributed by atoms with E-state index in [0.29, 0.717) is 24.9 Å². The number of nitrogens with one attached hydrogen (secondary N) is 3. The zero-order chi connectivity index (χ0) is 41.2. The molecule has 3 fully saturated rings. The van der Waals surface area contributed by atoms with Gasteiger partial charge in [-0.15, -0.1) is 23.5 Å². The van der Waals surface area contributed by atoms with Crippen molar-refractivity contribution in [1.82, 2.24) is 30.7 Å².